The summed E-state index contributed by atoms with van der Waals surface area (Å²) in [5, 5.41) is 0. The molecule has 2 rings (SSSR count). The van der Waals surface area contributed by atoms with E-state index >= 15 is 0 Å². The Balaban J connectivity index is 1.84. The fourth-order valence-electron chi connectivity index (χ4n) is 1.54. The van der Waals surface area contributed by atoms with Crippen molar-refractivity contribution in [2.24, 2.45) is 5.92 Å². The maximum atomic E-state index is 5.60. The molecule has 2 aliphatic rings. The van der Waals surface area contributed by atoms with Crippen LogP contribution < -0.4 is 0 Å². The third kappa shape index (κ3) is 1.32. The molecule has 0 spiro atoms. The van der Waals surface area contributed by atoms with Gasteiger partial charge in [0.2, 0.25) is 0 Å². The first-order valence-corrected chi connectivity index (χ1v) is 4.22. The summed E-state index contributed by atoms with van der Waals surface area (Å²) >= 11 is 0. The van der Waals surface area contributed by atoms with E-state index in [9.17, 15) is 0 Å². The highest BCUT2D eigenvalue weighted by atomic mass is 16.5. The zero-order valence-corrected chi connectivity index (χ0v) is 6.55. The number of ether oxygens (including phenoxy) is 1. The van der Waals surface area contributed by atoms with Crippen LogP contribution in [0.3, 0.4) is 0 Å². The first-order chi connectivity index (χ1) is 4.86. The smallest absolute Gasteiger partial charge is 0.110 e. The lowest BCUT2D eigenvalue weighted by atomic mass is 10.0. The minimum absolute atomic E-state index is 0.476. The fourth-order valence-corrected chi connectivity index (χ4v) is 1.54. The van der Waals surface area contributed by atoms with Gasteiger partial charge in [0.15, 0.2) is 0 Å². The van der Waals surface area contributed by atoms with E-state index in [4.69, 9.17) is 4.74 Å². The van der Waals surface area contributed by atoms with Gasteiger partial charge in [-0.2, -0.15) is 0 Å². The van der Waals surface area contributed by atoms with Crippen LogP contribution in [0.4, 0.5) is 0 Å². The summed E-state index contributed by atoms with van der Waals surface area (Å²) in [7, 11) is 0. The molecule has 0 aliphatic carbocycles. The first kappa shape index (κ1) is 6.62. The van der Waals surface area contributed by atoms with E-state index in [2.05, 4.69) is 11.8 Å². The second kappa shape index (κ2) is 2.51. The molecule has 2 heteroatoms. The number of hydrogen-bond acceptors (Lipinski definition) is 2. The molecule has 0 unspecified atom stereocenters. The summed E-state index contributed by atoms with van der Waals surface area (Å²) in [6, 6.07) is 0. The van der Waals surface area contributed by atoms with Crippen molar-refractivity contribution in [2.45, 2.75) is 26.0 Å². The van der Waals surface area contributed by atoms with Crippen LogP contribution in [-0.2, 0) is 4.74 Å². The van der Waals surface area contributed by atoms with Gasteiger partial charge in [0, 0.05) is 19.7 Å². The maximum absolute atomic E-state index is 5.60. The number of hydrogen-bond donors (Lipinski definition) is 0. The van der Waals surface area contributed by atoms with Crippen molar-refractivity contribution in [1.29, 1.82) is 0 Å². The van der Waals surface area contributed by atoms with Crippen LogP contribution in [0.25, 0.3) is 0 Å². The molecule has 2 nitrogen and oxygen atoms in total. The predicted octanol–water partition coefficient (Wildman–Crippen LogP) is 1.07. The Kier molecular flexibility index (Phi) is 1.66. The van der Waals surface area contributed by atoms with Gasteiger partial charge in [0.05, 0.1) is 0 Å². The SMILES string of the molecule is C[C@@H]1CCO[C@H](N2CC2)C1. The minimum Gasteiger partial charge on any atom is -0.363 e. The van der Waals surface area contributed by atoms with Gasteiger partial charge in [-0.3, -0.25) is 4.90 Å². The average Bonchev–Trinajstić information content (AvgIpc) is 2.68. The lowest BCUT2D eigenvalue weighted by Gasteiger charge is -2.27. The third-order valence-electron chi connectivity index (χ3n) is 2.41. The molecule has 0 aromatic carbocycles. The van der Waals surface area contributed by atoms with Gasteiger partial charge in [0.25, 0.3) is 0 Å². The van der Waals surface area contributed by atoms with Gasteiger partial charge in [-0.15, -0.1) is 0 Å². The standard InChI is InChI=1S/C8H15NO/c1-7-2-5-10-8(6-7)9-3-4-9/h7-8H,2-6H2,1H3/t7-,8+/m1/s1. The van der Waals surface area contributed by atoms with Crippen LogP contribution >= 0.6 is 0 Å². The molecule has 58 valence electrons. The molecule has 0 amide bonds. The highest BCUT2D eigenvalue weighted by Crippen LogP contribution is 2.25. The van der Waals surface area contributed by atoms with Gasteiger partial charge in [-0.25, -0.2) is 0 Å². The largest absolute Gasteiger partial charge is 0.363 e. The van der Waals surface area contributed by atoms with Crippen molar-refractivity contribution < 1.29 is 4.74 Å². The molecule has 2 aliphatic heterocycles. The molecule has 0 bridgehead atoms. The summed E-state index contributed by atoms with van der Waals surface area (Å²) in [6.07, 6.45) is 2.98. The Morgan fingerprint density at radius 1 is 1.40 bits per heavy atom. The normalized spacial score (nSPS) is 41.7. The molecule has 2 fully saturated rings. The van der Waals surface area contributed by atoms with Gasteiger partial charge in [-0.1, -0.05) is 6.92 Å². The van der Waals surface area contributed by atoms with E-state index in [-0.39, 0.29) is 0 Å². The van der Waals surface area contributed by atoms with Crippen LogP contribution in [0.2, 0.25) is 0 Å². The molecule has 2 saturated heterocycles. The molecule has 2 atom stereocenters. The van der Waals surface area contributed by atoms with Crippen molar-refractivity contribution >= 4 is 0 Å². The van der Waals surface area contributed by atoms with Gasteiger partial charge < -0.3 is 4.74 Å². The topological polar surface area (TPSA) is 12.2 Å². The first-order valence-electron chi connectivity index (χ1n) is 4.22. The van der Waals surface area contributed by atoms with E-state index < -0.39 is 0 Å². The molecule has 0 aromatic heterocycles. The molecule has 0 radical (unpaired) electrons. The Morgan fingerprint density at radius 3 is 2.80 bits per heavy atom. The van der Waals surface area contributed by atoms with E-state index in [0.717, 1.165) is 12.5 Å². The molecule has 0 N–H and O–H groups in total. The number of nitrogens with zero attached hydrogens (tertiary/aromatic N) is 1. The summed E-state index contributed by atoms with van der Waals surface area (Å²) in [4.78, 5) is 2.40. The van der Waals surface area contributed by atoms with E-state index in [0.29, 0.717) is 6.23 Å². The van der Waals surface area contributed by atoms with Crippen molar-refractivity contribution in [3.8, 4) is 0 Å². The Labute approximate surface area is 62.2 Å². The fraction of sp³-hybridized carbons (Fsp3) is 1.00. The van der Waals surface area contributed by atoms with E-state index in [1.54, 1.807) is 0 Å². The Bertz CT molecular complexity index is 122. The van der Waals surface area contributed by atoms with Crippen LogP contribution in [0.15, 0.2) is 0 Å². The average molecular weight is 141 g/mol. The number of rotatable bonds is 1. The summed E-state index contributed by atoms with van der Waals surface area (Å²) in [6.45, 7) is 5.82. The van der Waals surface area contributed by atoms with Gasteiger partial charge >= 0.3 is 0 Å². The van der Waals surface area contributed by atoms with Crippen LogP contribution in [0.1, 0.15) is 19.8 Å². The minimum atomic E-state index is 0.476. The van der Waals surface area contributed by atoms with Crippen LogP contribution in [0, 0.1) is 5.92 Å². The third-order valence-corrected chi connectivity index (χ3v) is 2.41. The highest BCUT2D eigenvalue weighted by Gasteiger charge is 2.31. The van der Waals surface area contributed by atoms with Crippen molar-refractivity contribution in [3.63, 3.8) is 0 Å². The molecule has 10 heavy (non-hydrogen) atoms. The quantitative estimate of drug-likeness (QED) is 0.506. The zero-order chi connectivity index (χ0) is 6.97. The zero-order valence-electron chi connectivity index (χ0n) is 6.55. The van der Waals surface area contributed by atoms with Crippen LogP contribution in [-0.4, -0.2) is 30.8 Å². The molecular formula is C8H15NO. The van der Waals surface area contributed by atoms with Crippen molar-refractivity contribution in [2.75, 3.05) is 19.7 Å². The Hall–Kier alpha value is -0.0800. The molecular weight excluding hydrogens is 126 g/mol. The molecule has 0 aromatic rings. The summed E-state index contributed by atoms with van der Waals surface area (Å²) < 4.78 is 5.60. The van der Waals surface area contributed by atoms with E-state index in [1.165, 1.54) is 25.9 Å². The van der Waals surface area contributed by atoms with Gasteiger partial charge in [-0.05, 0) is 18.8 Å². The maximum Gasteiger partial charge on any atom is 0.110 e. The van der Waals surface area contributed by atoms with Crippen LogP contribution in [0.5, 0.6) is 0 Å². The molecule has 2 heterocycles. The monoisotopic (exact) mass is 141 g/mol. The van der Waals surface area contributed by atoms with Crippen molar-refractivity contribution in [1.82, 2.24) is 4.90 Å². The Morgan fingerprint density at radius 2 is 2.20 bits per heavy atom. The second-order valence-electron chi connectivity index (χ2n) is 3.49. The lowest BCUT2D eigenvalue weighted by Crippen LogP contribution is -2.30. The predicted molar refractivity (Wildman–Crippen MR) is 39.7 cm³/mol. The van der Waals surface area contributed by atoms with Gasteiger partial charge in [0.1, 0.15) is 6.23 Å². The summed E-state index contributed by atoms with van der Waals surface area (Å²) in [5.74, 6) is 0.874. The second-order valence-corrected chi connectivity index (χ2v) is 3.49. The highest BCUT2D eigenvalue weighted by molar-refractivity contribution is 4.79. The summed E-state index contributed by atoms with van der Waals surface area (Å²) in [5.41, 5.74) is 0. The lowest BCUT2D eigenvalue weighted by molar-refractivity contribution is -0.0582. The van der Waals surface area contributed by atoms with Crippen molar-refractivity contribution in [3.05, 3.63) is 0 Å². The van der Waals surface area contributed by atoms with E-state index in [1.807, 2.05) is 0 Å². The molecule has 0 saturated carbocycles.